The van der Waals surface area contributed by atoms with E-state index in [1.165, 1.54) is 0 Å². The Bertz CT molecular complexity index is 2760. The van der Waals surface area contributed by atoms with Gasteiger partial charge in [-0.3, -0.25) is 0 Å². The lowest BCUT2D eigenvalue weighted by molar-refractivity contribution is 0.296. The molecule has 0 fully saturated rings. The molecule has 8 nitrogen and oxygen atoms in total. The summed E-state index contributed by atoms with van der Waals surface area (Å²) in [5.74, 6) is 1.05. The Kier molecular flexibility index (Phi) is 12.4. The van der Waals surface area contributed by atoms with Gasteiger partial charge in [-0.05, 0) is 70.8 Å². The third kappa shape index (κ3) is 9.65. The minimum atomic E-state index is -4.75. The highest BCUT2D eigenvalue weighted by Gasteiger charge is 2.42. The standard InChI is InChI=1S/C54H40O8P2/c55-63(57-45-33-17-5-18-34-45,58-46-35-19-6-20-36-46)61-53-50(42-27-11-2-12-28-42)49(41-25-9-1-10-26-41)51(43-29-13-3-14-30-43)54(52(53)44-31-15-4-16-32-44)62-64(56,59-47-37-21-7-22-38-47)60-48-39-23-8-24-40-48/h1-40H. The Morgan fingerprint density at radius 2 is 0.422 bits per heavy atom. The van der Waals surface area contributed by atoms with E-state index in [1.807, 2.05) is 146 Å². The molecule has 0 N–H and O–H groups in total. The third-order valence-electron chi connectivity index (χ3n) is 9.91. The number of hydrogen-bond acceptors (Lipinski definition) is 8. The summed E-state index contributed by atoms with van der Waals surface area (Å²) in [5.41, 5.74) is 4.60. The summed E-state index contributed by atoms with van der Waals surface area (Å²) in [6.07, 6.45) is 0. The quantitative estimate of drug-likeness (QED) is 0.0887. The molecule has 9 aromatic carbocycles. The molecule has 0 spiro atoms. The second kappa shape index (κ2) is 19.1. The van der Waals surface area contributed by atoms with Crippen LogP contribution in [0.2, 0.25) is 0 Å². The smallest absolute Gasteiger partial charge is 0.386 e. The molecule has 0 saturated heterocycles. The fraction of sp³-hybridized carbons (Fsp3) is 0. The number of phosphoric acid groups is 2. The Labute approximate surface area is 372 Å². The van der Waals surface area contributed by atoms with Crippen molar-refractivity contribution in [3.8, 4) is 79.0 Å². The van der Waals surface area contributed by atoms with Crippen molar-refractivity contribution in [2.45, 2.75) is 0 Å². The molecule has 0 aliphatic carbocycles. The lowest BCUT2D eigenvalue weighted by atomic mass is 9.83. The fourth-order valence-corrected chi connectivity index (χ4v) is 9.74. The maximum atomic E-state index is 15.8. The highest BCUT2D eigenvalue weighted by molar-refractivity contribution is 7.50. The van der Waals surface area contributed by atoms with Crippen LogP contribution in [0.25, 0.3) is 44.5 Å². The molecule has 0 amide bonds. The molecule has 0 aromatic heterocycles. The summed E-state index contributed by atoms with van der Waals surface area (Å²) in [4.78, 5) is 0. The first kappa shape index (κ1) is 41.6. The molecule has 314 valence electrons. The van der Waals surface area contributed by atoms with Gasteiger partial charge in [0.1, 0.15) is 23.0 Å². The predicted molar refractivity (Wildman–Crippen MR) is 253 cm³/mol. The van der Waals surface area contributed by atoms with E-state index < -0.39 is 15.6 Å². The van der Waals surface area contributed by atoms with Gasteiger partial charge in [0.05, 0.1) is 5.56 Å². The summed E-state index contributed by atoms with van der Waals surface area (Å²) in [7, 11) is -9.49. The normalized spacial score (nSPS) is 11.2. The molecule has 10 heteroatoms. The van der Waals surface area contributed by atoms with Crippen molar-refractivity contribution in [2.75, 3.05) is 0 Å². The molecular formula is C54H40O8P2. The number of phosphoric ester groups is 2. The summed E-state index contributed by atoms with van der Waals surface area (Å²) >= 11 is 0. The monoisotopic (exact) mass is 878 g/mol. The molecule has 0 aliphatic rings. The van der Waals surface area contributed by atoms with Gasteiger partial charge in [-0.1, -0.05) is 194 Å². The van der Waals surface area contributed by atoms with Crippen molar-refractivity contribution in [3.63, 3.8) is 0 Å². The van der Waals surface area contributed by atoms with Crippen molar-refractivity contribution in [3.05, 3.63) is 243 Å². The van der Waals surface area contributed by atoms with E-state index in [0.717, 1.165) is 5.56 Å². The molecule has 9 rings (SSSR count). The van der Waals surface area contributed by atoms with Crippen molar-refractivity contribution in [1.82, 2.24) is 0 Å². The Balaban J connectivity index is 1.42. The van der Waals surface area contributed by atoms with Gasteiger partial charge in [-0.2, -0.15) is 9.13 Å². The van der Waals surface area contributed by atoms with Crippen molar-refractivity contribution >= 4 is 15.6 Å². The third-order valence-corrected chi connectivity index (χ3v) is 12.5. The van der Waals surface area contributed by atoms with Crippen LogP contribution in [0.1, 0.15) is 0 Å². The maximum Gasteiger partial charge on any atom is 0.647 e. The van der Waals surface area contributed by atoms with Crippen LogP contribution < -0.4 is 27.1 Å². The van der Waals surface area contributed by atoms with Crippen molar-refractivity contribution < 1.29 is 36.3 Å². The molecule has 0 aliphatic heterocycles. The van der Waals surface area contributed by atoms with Crippen LogP contribution in [-0.2, 0) is 9.13 Å². The summed E-state index contributed by atoms with van der Waals surface area (Å²) < 4.78 is 70.8. The maximum absolute atomic E-state index is 15.8. The van der Waals surface area contributed by atoms with E-state index >= 15 is 9.13 Å². The van der Waals surface area contributed by atoms with Crippen LogP contribution in [0.4, 0.5) is 0 Å². The second-order valence-corrected chi connectivity index (χ2v) is 17.2. The van der Waals surface area contributed by atoms with E-state index in [-0.39, 0.29) is 40.1 Å². The zero-order chi connectivity index (χ0) is 43.6. The largest absolute Gasteiger partial charge is 0.647 e. The molecule has 0 unspecified atom stereocenters. The fourth-order valence-electron chi connectivity index (χ4n) is 7.19. The van der Waals surface area contributed by atoms with E-state index in [9.17, 15) is 0 Å². The molecule has 0 radical (unpaired) electrons. The topological polar surface area (TPSA) is 89.5 Å². The number of benzene rings is 9. The van der Waals surface area contributed by atoms with E-state index in [0.29, 0.717) is 33.4 Å². The minimum absolute atomic E-state index is 0.0482. The zero-order valence-corrected chi connectivity index (χ0v) is 36.0. The van der Waals surface area contributed by atoms with Crippen molar-refractivity contribution in [1.29, 1.82) is 0 Å². The minimum Gasteiger partial charge on any atom is -0.386 e. The first-order chi connectivity index (χ1) is 31.4. The highest BCUT2D eigenvalue weighted by atomic mass is 31.2. The van der Waals surface area contributed by atoms with Gasteiger partial charge in [-0.15, -0.1) is 0 Å². The Morgan fingerprint density at radius 1 is 0.219 bits per heavy atom. The molecule has 0 atom stereocenters. The molecule has 0 bridgehead atoms. The summed E-state index contributed by atoms with van der Waals surface area (Å²) in [6, 6.07) is 73.0. The van der Waals surface area contributed by atoms with Crippen LogP contribution in [0.15, 0.2) is 243 Å². The first-order valence-corrected chi connectivity index (χ1v) is 23.4. The SMILES string of the molecule is O=P(Oc1ccccc1)(Oc1ccccc1)Oc1c(-c2ccccc2)c(OP(=O)(Oc2ccccc2)Oc2ccccc2)c(-c2ccccc2)c(-c2ccccc2)c1-c1ccccc1. The van der Waals surface area contributed by atoms with Crippen LogP contribution in [0.3, 0.4) is 0 Å². The van der Waals surface area contributed by atoms with E-state index in [4.69, 9.17) is 27.1 Å². The van der Waals surface area contributed by atoms with Gasteiger partial charge >= 0.3 is 15.6 Å². The number of para-hydroxylation sites is 4. The Hall–Kier alpha value is -7.76. The van der Waals surface area contributed by atoms with Crippen LogP contribution in [0, 0.1) is 0 Å². The Morgan fingerprint density at radius 3 is 0.672 bits per heavy atom. The van der Waals surface area contributed by atoms with Gasteiger partial charge in [-0.25, -0.2) is 0 Å². The number of hydrogen-bond donors (Lipinski definition) is 0. The summed E-state index contributed by atoms with van der Waals surface area (Å²) in [6.45, 7) is 0. The van der Waals surface area contributed by atoms with Gasteiger partial charge in [0.25, 0.3) is 0 Å². The lowest BCUT2D eigenvalue weighted by Gasteiger charge is -2.30. The van der Waals surface area contributed by atoms with Gasteiger partial charge in [0.2, 0.25) is 0 Å². The van der Waals surface area contributed by atoms with Crippen molar-refractivity contribution in [2.24, 2.45) is 0 Å². The predicted octanol–water partition coefficient (Wildman–Crippen LogP) is 15.6. The molecule has 0 heterocycles. The average Bonchev–Trinajstić information content (AvgIpc) is 3.33. The van der Waals surface area contributed by atoms with Gasteiger partial charge in [0.15, 0.2) is 11.5 Å². The van der Waals surface area contributed by atoms with Gasteiger partial charge < -0.3 is 27.1 Å². The summed E-state index contributed by atoms with van der Waals surface area (Å²) in [5, 5.41) is 0. The van der Waals surface area contributed by atoms with Gasteiger partial charge in [0, 0.05) is 16.7 Å². The molecule has 64 heavy (non-hydrogen) atoms. The second-order valence-electron chi connectivity index (χ2n) is 14.3. The van der Waals surface area contributed by atoms with E-state index in [1.54, 1.807) is 97.1 Å². The number of rotatable bonds is 16. The van der Waals surface area contributed by atoms with Crippen LogP contribution in [-0.4, -0.2) is 0 Å². The lowest BCUT2D eigenvalue weighted by Crippen LogP contribution is -2.12. The van der Waals surface area contributed by atoms with E-state index in [2.05, 4.69) is 0 Å². The van der Waals surface area contributed by atoms with Crippen LogP contribution >= 0.6 is 15.6 Å². The van der Waals surface area contributed by atoms with Crippen LogP contribution in [0.5, 0.6) is 34.5 Å². The molecule has 0 saturated carbocycles. The molecular weight excluding hydrogens is 839 g/mol. The highest BCUT2D eigenvalue weighted by Crippen LogP contribution is 2.64. The zero-order valence-electron chi connectivity index (χ0n) is 34.3. The molecule has 9 aromatic rings. The average molecular weight is 879 g/mol. The first-order valence-electron chi connectivity index (χ1n) is 20.5.